The standard InChI is InChI=1S/C13H26N2O3S/c1-2-3-4-5-6-7-8-9-15-11-12(10-13(15)16)19(14,17)18/h12H,2-11H2,1H3,(H2,14,17,18). The molecule has 0 aromatic rings. The van der Waals surface area contributed by atoms with E-state index in [1.165, 1.54) is 32.1 Å². The largest absolute Gasteiger partial charge is 0.341 e. The van der Waals surface area contributed by atoms with Crippen LogP contribution in [0.15, 0.2) is 0 Å². The van der Waals surface area contributed by atoms with Gasteiger partial charge in [0.05, 0.1) is 0 Å². The Morgan fingerprint density at radius 3 is 2.26 bits per heavy atom. The van der Waals surface area contributed by atoms with Crippen LogP contribution in [0, 0.1) is 0 Å². The van der Waals surface area contributed by atoms with E-state index >= 15 is 0 Å². The van der Waals surface area contributed by atoms with Crippen LogP contribution in [-0.4, -0.2) is 37.6 Å². The van der Waals surface area contributed by atoms with Crippen LogP contribution < -0.4 is 5.14 Å². The van der Waals surface area contributed by atoms with Crippen LogP contribution in [0.25, 0.3) is 0 Å². The Hall–Kier alpha value is -0.620. The number of hydrogen-bond acceptors (Lipinski definition) is 3. The summed E-state index contributed by atoms with van der Waals surface area (Å²) in [6.45, 7) is 3.13. The van der Waals surface area contributed by atoms with Crippen LogP contribution in [-0.2, 0) is 14.8 Å². The molecule has 0 spiro atoms. The normalized spacial score (nSPS) is 20.2. The van der Waals surface area contributed by atoms with Gasteiger partial charge in [0.1, 0.15) is 5.25 Å². The number of nitrogens with zero attached hydrogens (tertiary/aromatic N) is 1. The van der Waals surface area contributed by atoms with E-state index in [1.54, 1.807) is 4.90 Å². The van der Waals surface area contributed by atoms with Crippen LogP contribution in [0.5, 0.6) is 0 Å². The molecule has 1 amide bonds. The molecular formula is C13H26N2O3S. The summed E-state index contributed by atoms with van der Waals surface area (Å²) in [6.07, 6.45) is 8.38. The van der Waals surface area contributed by atoms with Gasteiger partial charge in [0.15, 0.2) is 0 Å². The highest BCUT2D eigenvalue weighted by molar-refractivity contribution is 7.89. The quantitative estimate of drug-likeness (QED) is 0.655. The predicted octanol–water partition coefficient (Wildman–Crippen LogP) is 1.63. The van der Waals surface area contributed by atoms with Crippen LogP contribution in [0.3, 0.4) is 0 Å². The van der Waals surface area contributed by atoms with Gasteiger partial charge in [0, 0.05) is 19.5 Å². The summed E-state index contributed by atoms with van der Waals surface area (Å²) >= 11 is 0. The third-order valence-electron chi connectivity index (χ3n) is 3.68. The minimum absolute atomic E-state index is 0.0509. The zero-order valence-corrected chi connectivity index (χ0v) is 12.6. The molecule has 1 heterocycles. The van der Waals surface area contributed by atoms with Crippen molar-refractivity contribution in [3.05, 3.63) is 0 Å². The molecule has 1 unspecified atom stereocenters. The Morgan fingerprint density at radius 1 is 1.16 bits per heavy atom. The minimum atomic E-state index is -3.58. The molecule has 0 aromatic heterocycles. The van der Waals surface area contributed by atoms with Crippen molar-refractivity contribution in [1.82, 2.24) is 4.90 Å². The molecule has 1 aliphatic heterocycles. The second-order valence-corrected chi connectivity index (χ2v) is 7.22. The zero-order valence-electron chi connectivity index (χ0n) is 11.8. The first kappa shape index (κ1) is 16.4. The van der Waals surface area contributed by atoms with Crippen LogP contribution in [0.1, 0.15) is 58.3 Å². The third-order valence-corrected chi connectivity index (χ3v) is 4.92. The predicted molar refractivity (Wildman–Crippen MR) is 76.1 cm³/mol. The lowest BCUT2D eigenvalue weighted by molar-refractivity contribution is -0.127. The van der Waals surface area contributed by atoms with Gasteiger partial charge in [-0.25, -0.2) is 13.6 Å². The average Bonchev–Trinajstić information content (AvgIpc) is 2.70. The molecule has 112 valence electrons. The summed E-state index contributed by atoms with van der Waals surface area (Å²) in [4.78, 5) is 13.3. The van der Waals surface area contributed by atoms with Crippen LogP contribution in [0.4, 0.5) is 0 Å². The number of likely N-dealkylation sites (tertiary alicyclic amines) is 1. The van der Waals surface area contributed by atoms with Gasteiger partial charge < -0.3 is 4.90 Å². The molecule has 5 nitrogen and oxygen atoms in total. The van der Waals surface area contributed by atoms with Crippen LogP contribution >= 0.6 is 0 Å². The molecule has 6 heteroatoms. The Labute approximate surface area is 116 Å². The minimum Gasteiger partial charge on any atom is -0.341 e. The number of carbonyl (C=O) groups is 1. The maximum absolute atomic E-state index is 11.6. The van der Waals surface area contributed by atoms with Crippen molar-refractivity contribution in [1.29, 1.82) is 0 Å². The van der Waals surface area contributed by atoms with E-state index in [2.05, 4.69) is 6.92 Å². The van der Waals surface area contributed by atoms with Crippen molar-refractivity contribution in [3.63, 3.8) is 0 Å². The number of carbonyl (C=O) groups excluding carboxylic acids is 1. The number of sulfonamides is 1. The molecule has 0 aliphatic carbocycles. The highest BCUT2D eigenvalue weighted by Crippen LogP contribution is 2.17. The zero-order chi connectivity index (χ0) is 14.3. The number of amides is 1. The lowest BCUT2D eigenvalue weighted by atomic mass is 10.1. The van der Waals surface area contributed by atoms with Gasteiger partial charge in [0.25, 0.3) is 0 Å². The number of unbranched alkanes of at least 4 members (excludes halogenated alkanes) is 6. The lowest BCUT2D eigenvalue weighted by Crippen LogP contribution is -2.32. The summed E-state index contributed by atoms with van der Waals surface area (Å²) in [6, 6.07) is 0. The number of rotatable bonds is 9. The van der Waals surface area contributed by atoms with Gasteiger partial charge in [-0.15, -0.1) is 0 Å². The molecule has 19 heavy (non-hydrogen) atoms. The maximum atomic E-state index is 11.6. The Balaban J connectivity index is 2.15. The van der Waals surface area contributed by atoms with Crippen molar-refractivity contribution in [2.75, 3.05) is 13.1 Å². The molecular weight excluding hydrogens is 264 g/mol. The van der Waals surface area contributed by atoms with E-state index in [4.69, 9.17) is 5.14 Å². The Kier molecular flexibility index (Phi) is 6.79. The fraction of sp³-hybridized carbons (Fsp3) is 0.923. The van der Waals surface area contributed by atoms with Gasteiger partial charge >= 0.3 is 0 Å². The van der Waals surface area contributed by atoms with Crippen molar-refractivity contribution in [2.45, 2.75) is 63.5 Å². The molecule has 1 aliphatic rings. The van der Waals surface area contributed by atoms with E-state index < -0.39 is 15.3 Å². The molecule has 0 saturated carbocycles. The highest BCUT2D eigenvalue weighted by atomic mass is 32.2. The van der Waals surface area contributed by atoms with Crippen molar-refractivity contribution < 1.29 is 13.2 Å². The molecule has 1 fully saturated rings. The highest BCUT2D eigenvalue weighted by Gasteiger charge is 2.35. The van der Waals surface area contributed by atoms with Crippen LogP contribution in [0.2, 0.25) is 0 Å². The van der Waals surface area contributed by atoms with Gasteiger partial charge in [-0.05, 0) is 6.42 Å². The van der Waals surface area contributed by atoms with E-state index in [1.807, 2.05) is 0 Å². The molecule has 1 rings (SSSR count). The Morgan fingerprint density at radius 2 is 1.74 bits per heavy atom. The van der Waals surface area contributed by atoms with E-state index in [0.717, 1.165) is 12.8 Å². The third kappa shape index (κ3) is 5.91. The number of nitrogens with two attached hydrogens (primary N) is 1. The molecule has 0 aromatic carbocycles. The molecule has 0 radical (unpaired) electrons. The van der Waals surface area contributed by atoms with Gasteiger partial charge in [0.2, 0.25) is 15.9 Å². The van der Waals surface area contributed by atoms with Gasteiger partial charge in [-0.3, -0.25) is 4.79 Å². The second-order valence-electron chi connectivity index (χ2n) is 5.38. The maximum Gasteiger partial charge on any atom is 0.224 e. The molecule has 1 saturated heterocycles. The molecule has 2 N–H and O–H groups in total. The van der Waals surface area contributed by atoms with Gasteiger partial charge in [-0.2, -0.15) is 0 Å². The summed E-state index contributed by atoms with van der Waals surface area (Å²) < 4.78 is 22.4. The fourth-order valence-corrected chi connectivity index (χ4v) is 3.19. The topological polar surface area (TPSA) is 80.5 Å². The second kappa shape index (κ2) is 7.85. The van der Waals surface area contributed by atoms with Crippen molar-refractivity contribution in [3.8, 4) is 0 Å². The smallest absolute Gasteiger partial charge is 0.224 e. The fourth-order valence-electron chi connectivity index (χ4n) is 2.43. The molecule has 1 atom stereocenters. The monoisotopic (exact) mass is 290 g/mol. The number of hydrogen-bond donors (Lipinski definition) is 1. The first-order valence-corrected chi connectivity index (χ1v) is 8.85. The van der Waals surface area contributed by atoms with Crippen molar-refractivity contribution in [2.24, 2.45) is 5.14 Å². The Bertz CT molecular complexity index is 381. The van der Waals surface area contributed by atoms with Crippen molar-refractivity contribution >= 4 is 15.9 Å². The van der Waals surface area contributed by atoms with E-state index in [-0.39, 0.29) is 18.9 Å². The summed E-state index contributed by atoms with van der Waals surface area (Å²) in [5.41, 5.74) is 0. The molecule has 0 bridgehead atoms. The van der Waals surface area contributed by atoms with E-state index in [0.29, 0.717) is 6.54 Å². The summed E-state index contributed by atoms with van der Waals surface area (Å²) in [5.74, 6) is -0.0787. The van der Waals surface area contributed by atoms with E-state index in [9.17, 15) is 13.2 Å². The summed E-state index contributed by atoms with van der Waals surface area (Å²) in [7, 11) is -3.58. The first-order valence-electron chi connectivity index (χ1n) is 7.24. The lowest BCUT2D eigenvalue weighted by Gasteiger charge is -2.15. The number of primary sulfonamides is 1. The average molecular weight is 290 g/mol. The SMILES string of the molecule is CCCCCCCCCN1CC(S(N)(=O)=O)CC1=O. The van der Waals surface area contributed by atoms with Gasteiger partial charge in [-0.1, -0.05) is 45.4 Å². The first-order chi connectivity index (χ1) is 8.95. The summed E-state index contributed by atoms with van der Waals surface area (Å²) in [5, 5.41) is 4.38.